The summed E-state index contributed by atoms with van der Waals surface area (Å²) in [5, 5.41) is 42.1. The molecule has 0 radical (unpaired) electrons. The molecule has 0 amide bonds. The topological polar surface area (TPSA) is 80.9 Å². The van der Waals surface area contributed by atoms with Crippen molar-refractivity contribution in [2.24, 2.45) is 40.4 Å². The number of aliphatic hydroxyl groups excluding tert-OH is 4. The van der Waals surface area contributed by atoms with Crippen LogP contribution in [0.2, 0.25) is 0 Å². The number of aliphatic hydroxyl groups is 4. The van der Waals surface area contributed by atoms with Gasteiger partial charge in [0.25, 0.3) is 0 Å². The van der Waals surface area contributed by atoms with E-state index in [0.29, 0.717) is 17.8 Å². The second kappa shape index (κ2) is 5.92. The average molecular weight is 353 g/mol. The summed E-state index contributed by atoms with van der Waals surface area (Å²) in [5.74, 6) is 1.56. The highest BCUT2D eigenvalue weighted by Crippen LogP contribution is 2.67. The standard InChI is InChI=1S/C21H36O4/c1-11(22)19-18(25)10-15-13-9-17(24)16-8-12(23)4-6-20(16,2)14(13)5-7-21(15,19)3/h11-19,22-25H,4-10H2,1-3H3/t11-,12+,13-,14+,15+,16?,17+,18+,19+,20-,21+/m1/s1. The summed E-state index contributed by atoms with van der Waals surface area (Å²) >= 11 is 0. The molecule has 4 aliphatic carbocycles. The van der Waals surface area contributed by atoms with E-state index in [-0.39, 0.29) is 34.9 Å². The zero-order chi connectivity index (χ0) is 18.1. The van der Waals surface area contributed by atoms with Gasteiger partial charge in [0.2, 0.25) is 0 Å². The Balaban J connectivity index is 1.66. The molecule has 0 aromatic carbocycles. The Kier molecular flexibility index (Phi) is 4.31. The maximum Gasteiger partial charge on any atom is 0.0601 e. The quantitative estimate of drug-likeness (QED) is 0.584. The molecule has 0 aromatic rings. The molecule has 0 aromatic heterocycles. The summed E-state index contributed by atoms with van der Waals surface area (Å²) in [6.07, 6.45) is 4.84. The molecule has 0 bridgehead atoms. The molecular weight excluding hydrogens is 316 g/mol. The largest absolute Gasteiger partial charge is 0.393 e. The van der Waals surface area contributed by atoms with Crippen LogP contribution >= 0.6 is 0 Å². The van der Waals surface area contributed by atoms with Crippen LogP contribution in [0, 0.1) is 40.4 Å². The lowest BCUT2D eigenvalue weighted by Gasteiger charge is -2.62. The van der Waals surface area contributed by atoms with Crippen molar-refractivity contribution in [3.05, 3.63) is 0 Å². The smallest absolute Gasteiger partial charge is 0.0601 e. The van der Waals surface area contributed by atoms with Crippen molar-refractivity contribution in [2.45, 2.75) is 90.1 Å². The van der Waals surface area contributed by atoms with Crippen molar-refractivity contribution in [3.8, 4) is 0 Å². The molecular formula is C21H36O4. The fourth-order valence-corrected chi connectivity index (χ4v) is 8.20. The average Bonchev–Trinajstić information content (AvgIpc) is 2.80. The van der Waals surface area contributed by atoms with Gasteiger partial charge in [-0.1, -0.05) is 13.8 Å². The molecule has 4 rings (SSSR count). The molecule has 144 valence electrons. The molecule has 1 unspecified atom stereocenters. The SMILES string of the molecule is C[C@@H](O)[C@H]1[C@@H](O)C[C@H]2[C@@H]3C[C@H](O)C4C[C@@H](O)CC[C@]4(C)[C@H]3CC[C@]12C. The number of hydrogen-bond donors (Lipinski definition) is 4. The van der Waals surface area contributed by atoms with E-state index in [1.165, 1.54) is 0 Å². The van der Waals surface area contributed by atoms with Crippen molar-refractivity contribution < 1.29 is 20.4 Å². The van der Waals surface area contributed by atoms with Crippen LogP contribution in [0.4, 0.5) is 0 Å². The molecule has 0 heterocycles. The summed E-state index contributed by atoms with van der Waals surface area (Å²) in [7, 11) is 0. The van der Waals surface area contributed by atoms with E-state index in [1.807, 2.05) is 6.92 Å². The van der Waals surface area contributed by atoms with Gasteiger partial charge in [-0.05, 0) is 86.4 Å². The van der Waals surface area contributed by atoms with Crippen LogP contribution in [0.1, 0.15) is 65.7 Å². The van der Waals surface area contributed by atoms with E-state index in [1.54, 1.807) is 0 Å². The van der Waals surface area contributed by atoms with E-state index < -0.39 is 12.2 Å². The number of rotatable bonds is 1. The second-order valence-corrected chi connectivity index (χ2v) is 10.3. The summed E-state index contributed by atoms with van der Waals surface area (Å²) in [6.45, 7) is 6.44. The minimum Gasteiger partial charge on any atom is -0.393 e. The number of hydrogen-bond acceptors (Lipinski definition) is 4. The van der Waals surface area contributed by atoms with Gasteiger partial charge in [-0.2, -0.15) is 0 Å². The molecule has 4 saturated carbocycles. The predicted molar refractivity (Wildman–Crippen MR) is 95.7 cm³/mol. The fraction of sp³-hybridized carbons (Fsp3) is 1.00. The first-order valence-corrected chi connectivity index (χ1v) is 10.4. The molecule has 4 N–H and O–H groups in total. The van der Waals surface area contributed by atoms with Gasteiger partial charge in [-0.25, -0.2) is 0 Å². The van der Waals surface area contributed by atoms with Gasteiger partial charge in [0, 0.05) is 5.92 Å². The van der Waals surface area contributed by atoms with Gasteiger partial charge in [0.15, 0.2) is 0 Å². The summed E-state index contributed by atoms with van der Waals surface area (Å²) in [6, 6.07) is 0. The highest BCUT2D eigenvalue weighted by atomic mass is 16.3. The van der Waals surface area contributed by atoms with E-state index in [4.69, 9.17) is 0 Å². The number of fused-ring (bicyclic) bond motifs is 5. The Bertz CT molecular complexity index is 522. The Hall–Kier alpha value is -0.160. The lowest BCUT2D eigenvalue weighted by molar-refractivity contribution is -0.174. The third kappa shape index (κ3) is 2.47. The van der Waals surface area contributed by atoms with Crippen LogP contribution < -0.4 is 0 Å². The maximum absolute atomic E-state index is 10.9. The molecule has 4 nitrogen and oxygen atoms in total. The van der Waals surface area contributed by atoms with E-state index >= 15 is 0 Å². The molecule has 11 atom stereocenters. The van der Waals surface area contributed by atoms with Crippen LogP contribution in [0.5, 0.6) is 0 Å². The monoisotopic (exact) mass is 352 g/mol. The molecule has 0 aliphatic heterocycles. The molecule has 0 spiro atoms. The van der Waals surface area contributed by atoms with Crippen molar-refractivity contribution in [1.82, 2.24) is 0 Å². The van der Waals surface area contributed by atoms with E-state index in [0.717, 1.165) is 44.9 Å². The third-order valence-corrected chi connectivity index (χ3v) is 9.28. The van der Waals surface area contributed by atoms with Gasteiger partial charge >= 0.3 is 0 Å². The predicted octanol–water partition coefficient (Wildman–Crippen LogP) is 2.33. The first-order chi connectivity index (χ1) is 11.7. The summed E-state index contributed by atoms with van der Waals surface area (Å²) in [4.78, 5) is 0. The maximum atomic E-state index is 10.9. The molecule has 4 heteroatoms. The second-order valence-electron chi connectivity index (χ2n) is 10.3. The summed E-state index contributed by atoms with van der Waals surface area (Å²) < 4.78 is 0. The van der Waals surface area contributed by atoms with Gasteiger partial charge in [0.05, 0.1) is 24.4 Å². The Labute approximate surface area is 151 Å². The van der Waals surface area contributed by atoms with Gasteiger partial charge in [0.1, 0.15) is 0 Å². The lowest BCUT2D eigenvalue weighted by Crippen LogP contribution is -2.58. The highest BCUT2D eigenvalue weighted by Gasteiger charge is 2.64. The fourth-order valence-electron chi connectivity index (χ4n) is 8.20. The Morgan fingerprint density at radius 3 is 2.16 bits per heavy atom. The van der Waals surface area contributed by atoms with Crippen LogP contribution in [0.3, 0.4) is 0 Å². The molecule has 4 aliphatic rings. The van der Waals surface area contributed by atoms with E-state index in [2.05, 4.69) is 13.8 Å². The minimum absolute atomic E-state index is 0.0220. The van der Waals surface area contributed by atoms with E-state index in [9.17, 15) is 20.4 Å². The van der Waals surface area contributed by atoms with Crippen molar-refractivity contribution in [3.63, 3.8) is 0 Å². The molecule has 4 fully saturated rings. The van der Waals surface area contributed by atoms with Gasteiger partial charge in [-0.3, -0.25) is 0 Å². The zero-order valence-electron chi connectivity index (χ0n) is 15.9. The highest BCUT2D eigenvalue weighted by molar-refractivity contribution is 5.13. The van der Waals surface area contributed by atoms with Crippen LogP contribution in [0.25, 0.3) is 0 Å². The van der Waals surface area contributed by atoms with Crippen molar-refractivity contribution in [1.29, 1.82) is 0 Å². The summed E-state index contributed by atoms with van der Waals surface area (Å²) in [5.41, 5.74) is 0.0859. The van der Waals surface area contributed by atoms with Crippen molar-refractivity contribution in [2.75, 3.05) is 0 Å². The Morgan fingerprint density at radius 2 is 1.48 bits per heavy atom. The normalized spacial score (nSPS) is 59.6. The van der Waals surface area contributed by atoms with Crippen LogP contribution in [-0.4, -0.2) is 44.8 Å². The first kappa shape index (κ1) is 18.2. The van der Waals surface area contributed by atoms with Crippen molar-refractivity contribution >= 4 is 0 Å². The van der Waals surface area contributed by atoms with Gasteiger partial charge in [-0.15, -0.1) is 0 Å². The van der Waals surface area contributed by atoms with Crippen LogP contribution in [0.15, 0.2) is 0 Å². The zero-order valence-corrected chi connectivity index (χ0v) is 15.9. The van der Waals surface area contributed by atoms with Crippen LogP contribution in [-0.2, 0) is 0 Å². The Morgan fingerprint density at radius 1 is 0.800 bits per heavy atom. The third-order valence-electron chi connectivity index (χ3n) is 9.28. The van der Waals surface area contributed by atoms with Gasteiger partial charge < -0.3 is 20.4 Å². The first-order valence-electron chi connectivity index (χ1n) is 10.4. The molecule has 25 heavy (non-hydrogen) atoms. The minimum atomic E-state index is -0.483. The lowest BCUT2D eigenvalue weighted by atomic mass is 9.44. The molecule has 0 saturated heterocycles.